The molecule has 1 aromatic heterocycles. The van der Waals surface area contributed by atoms with Crippen LogP contribution in [0, 0.1) is 0 Å². The van der Waals surface area contributed by atoms with Crippen LogP contribution in [0.25, 0.3) is 16.6 Å². The van der Waals surface area contributed by atoms with Crippen molar-refractivity contribution >= 4 is 22.5 Å². The molecule has 7 heteroatoms. The van der Waals surface area contributed by atoms with Crippen LogP contribution in [0.4, 0.5) is 0 Å². The van der Waals surface area contributed by atoms with Gasteiger partial charge in [0.2, 0.25) is 0 Å². The first-order chi connectivity index (χ1) is 11.5. The van der Waals surface area contributed by atoms with Crippen molar-refractivity contribution < 1.29 is 9.47 Å². The van der Waals surface area contributed by atoms with E-state index >= 15 is 0 Å². The molecule has 0 aliphatic heterocycles. The molecule has 0 unspecified atom stereocenters. The Kier molecular flexibility index (Phi) is 4.07. The summed E-state index contributed by atoms with van der Waals surface area (Å²) in [5.74, 6) is 0.860. The summed E-state index contributed by atoms with van der Waals surface area (Å²) in [5, 5.41) is 0.781. The lowest BCUT2D eigenvalue weighted by molar-refractivity contribution is 0.355. The molecule has 3 rings (SSSR count). The minimum absolute atomic E-state index is 0.342. The van der Waals surface area contributed by atoms with Crippen LogP contribution >= 0.6 is 11.6 Å². The van der Waals surface area contributed by atoms with Crippen LogP contribution in [0.5, 0.6) is 11.5 Å². The molecule has 0 atom stereocenters. The first-order valence-electron chi connectivity index (χ1n) is 7.11. The Morgan fingerprint density at radius 2 is 1.67 bits per heavy atom. The number of methoxy groups -OCH3 is 2. The maximum absolute atomic E-state index is 12.9. The minimum Gasteiger partial charge on any atom is -0.493 e. The monoisotopic (exact) mass is 346 g/mol. The molecule has 0 bridgehead atoms. The third-order valence-electron chi connectivity index (χ3n) is 3.84. The molecular formula is C17H15ClN2O4. The summed E-state index contributed by atoms with van der Waals surface area (Å²) in [6.45, 7) is 0. The summed E-state index contributed by atoms with van der Waals surface area (Å²) >= 11 is 5.98. The fourth-order valence-corrected chi connectivity index (χ4v) is 2.80. The molecule has 6 nitrogen and oxygen atoms in total. The largest absolute Gasteiger partial charge is 0.493 e. The zero-order valence-electron chi connectivity index (χ0n) is 13.4. The standard InChI is InChI=1S/C17H15ClN2O4/c1-19-13-9-15(24-3)14(23-2)8-12(13)16(21)20(17(19)22)11-6-4-5-10(18)7-11/h4-9H,1-3H3. The number of rotatable bonds is 3. The van der Waals surface area contributed by atoms with Crippen LogP contribution < -0.4 is 20.7 Å². The SMILES string of the molecule is COc1cc2c(=O)n(-c3cccc(Cl)c3)c(=O)n(C)c2cc1OC. The number of benzene rings is 2. The van der Waals surface area contributed by atoms with Gasteiger partial charge in [-0.3, -0.25) is 9.36 Å². The van der Waals surface area contributed by atoms with Crippen molar-refractivity contribution in [1.29, 1.82) is 0 Å². The van der Waals surface area contributed by atoms with Gasteiger partial charge in [-0.2, -0.15) is 0 Å². The molecule has 0 aliphatic rings. The van der Waals surface area contributed by atoms with E-state index in [1.807, 2.05) is 0 Å². The molecule has 0 radical (unpaired) electrons. The summed E-state index contributed by atoms with van der Waals surface area (Å²) in [4.78, 5) is 25.6. The third kappa shape index (κ3) is 2.45. The van der Waals surface area contributed by atoms with Crippen LogP contribution in [-0.4, -0.2) is 23.4 Å². The van der Waals surface area contributed by atoms with Crippen molar-refractivity contribution in [3.8, 4) is 17.2 Å². The summed E-state index contributed by atoms with van der Waals surface area (Å²) in [7, 11) is 4.58. The number of nitrogens with zero attached hydrogens (tertiary/aromatic N) is 2. The second kappa shape index (κ2) is 6.05. The molecule has 0 saturated carbocycles. The van der Waals surface area contributed by atoms with Crippen LogP contribution in [-0.2, 0) is 7.05 Å². The summed E-state index contributed by atoms with van der Waals surface area (Å²) in [6, 6.07) is 9.76. The Morgan fingerprint density at radius 1 is 1.00 bits per heavy atom. The highest BCUT2D eigenvalue weighted by atomic mass is 35.5. The zero-order valence-corrected chi connectivity index (χ0v) is 14.1. The Hall–Kier alpha value is -2.73. The number of hydrogen-bond acceptors (Lipinski definition) is 4. The molecule has 0 N–H and O–H groups in total. The Labute approximate surface area is 142 Å². The first kappa shape index (κ1) is 16.1. The zero-order chi connectivity index (χ0) is 17.4. The van der Waals surface area contributed by atoms with Crippen LogP contribution in [0.3, 0.4) is 0 Å². The Morgan fingerprint density at radius 3 is 2.29 bits per heavy atom. The van der Waals surface area contributed by atoms with Crippen molar-refractivity contribution in [3.63, 3.8) is 0 Å². The van der Waals surface area contributed by atoms with Gasteiger partial charge in [-0.05, 0) is 24.3 Å². The number of fused-ring (bicyclic) bond motifs is 1. The first-order valence-corrected chi connectivity index (χ1v) is 7.49. The van der Waals surface area contributed by atoms with E-state index in [2.05, 4.69) is 0 Å². The maximum atomic E-state index is 12.9. The molecular weight excluding hydrogens is 332 g/mol. The molecule has 3 aromatic rings. The molecule has 124 valence electrons. The number of aryl methyl sites for hydroxylation is 1. The maximum Gasteiger partial charge on any atom is 0.335 e. The third-order valence-corrected chi connectivity index (χ3v) is 4.08. The summed E-state index contributed by atoms with van der Waals surface area (Å²) < 4.78 is 13.0. The lowest BCUT2D eigenvalue weighted by atomic mass is 10.2. The van der Waals surface area contributed by atoms with Gasteiger partial charge in [0.25, 0.3) is 5.56 Å². The van der Waals surface area contributed by atoms with Gasteiger partial charge in [0, 0.05) is 18.1 Å². The average molecular weight is 347 g/mol. The van der Waals surface area contributed by atoms with Gasteiger partial charge < -0.3 is 9.47 Å². The molecule has 1 heterocycles. The van der Waals surface area contributed by atoms with E-state index in [-0.39, 0.29) is 0 Å². The van der Waals surface area contributed by atoms with Crippen molar-refractivity contribution in [2.24, 2.45) is 7.05 Å². The van der Waals surface area contributed by atoms with E-state index in [0.717, 1.165) is 4.57 Å². The molecule has 0 aliphatic carbocycles. The molecule has 24 heavy (non-hydrogen) atoms. The van der Waals surface area contributed by atoms with Crippen molar-refractivity contribution in [2.45, 2.75) is 0 Å². The van der Waals surface area contributed by atoms with Gasteiger partial charge in [0.1, 0.15) is 0 Å². The molecule has 2 aromatic carbocycles. The quantitative estimate of drug-likeness (QED) is 0.730. The van der Waals surface area contributed by atoms with E-state index in [0.29, 0.717) is 33.1 Å². The van der Waals surface area contributed by atoms with Gasteiger partial charge in [-0.1, -0.05) is 17.7 Å². The molecule has 0 amide bonds. The summed E-state index contributed by atoms with van der Waals surface area (Å²) in [6.07, 6.45) is 0. The van der Waals surface area contributed by atoms with Crippen molar-refractivity contribution in [1.82, 2.24) is 9.13 Å². The van der Waals surface area contributed by atoms with E-state index < -0.39 is 11.2 Å². The van der Waals surface area contributed by atoms with Gasteiger partial charge in [0.15, 0.2) is 11.5 Å². The molecule has 0 saturated heterocycles. The lowest BCUT2D eigenvalue weighted by Crippen LogP contribution is -2.37. The highest BCUT2D eigenvalue weighted by molar-refractivity contribution is 6.30. The van der Waals surface area contributed by atoms with Gasteiger partial charge in [-0.25, -0.2) is 9.36 Å². The normalized spacial score (nSPS) is 10.8. The Bertz CT molecular complexity index is 1050. The highest BCUT2D eigenvalue weighted by Crippen LogP contribution is 2.30. The topological polar surface area (TPSA) is 62.5 Å². The van der Waals surface area contributed by atoms with E-state index in [4.69, 9.17) is 21.1 Å². The molecule has 0 fully saturated rings. The fourth-order valence-electron chi connectivity index (χ4n) is 2.62. The van der Waals surface area contributed by atoms with Gasteiger partial charge >= 0.3 is 5.69 Å². The number of aromatic nitrogens is 2. The van der Waals surface area contributed by atoms with E-state index in [1.165, 1.54) is 18.8 Å². The summed E-state index contributed by atoms with van der Waals surface area (Å²) in [5.41, 5.74) is -0.0518. The van der Waals surface area contributed by atoms with Crippen molar-refractivity contribution in [2.75, 3.05) is 14.2 Å². The predicted molar refractivity (Wildman–Crippen MR) is 92.9 cm³/mol. The van der Waals surface area contributed by atoms with E-state index in [1.54, 1.807) is 43.4 Å². The second-order valence-corrected chi connectivity index (χ2v) is 5.62. The average Bonchev–Trinajstić information content (AvgIpc) is 2.59. The van der Waals surface area contributed by atoms with E-state index in [9.17, 15) is 9.59 Å². The smallest absolute Gasteiger partial charge is 0.335 e. The van der Waals surface area contributed by atoms with Crippen LogP contribution in [0.15, 0.2) is 46.0 Å². The predicted octanol–water partition coefficient (Wildman–Crippen LogP) is 2.36. The lowest BCUT2D eigenvalue weighted by Gasteiger charge is -2.14. The van der Waals surface area contributed by atoms with Crippen molar-refractivity contribution in [3.05, 3.63) is 62.3 Å². The second-order valence-electron chi connectivity index (χ2n) is 5.19. The van der Waals surface area contributed by atoms with Crippen LogP contribution in [0.2, 0.25) is 5.02 Å². The van der Waals surface area contributed by atoms with Gasteiger partial charge in [-0.15, -0.1) is 0 Å². The fraction of sp³-hybridized carbons (Fsp3) is 0.176. The van der Waals surface area contributed by atoms with Gasteiger partial charge in [0.05, 0.1) is 30.8 Å². The van der Waals surface area contributed by atoms with Crippen LogP contribution in [0.1, 0.15) is 0 Å². The minimum atomic E-state index is -0.470. The molecule has 0 spiro atoms. The number of halogens is 1. The number of ether oxygens (including phenoxy) is 2. The number of hydrogen-bond donors (Lipinski definition) is 0. The highest BCUT2D eigenvalue weighted by Gasteiger charge is 2.16. The Balaban J connectivity index is 2.46.